The molecular formula is C10H15N3O2. The highest BCUT2D eigenvalue weighted by Crippen LogP contribution is 2.02. The number of carbonyl (C=O) groups excluding carboxylic acids is 1. The molecule has 1 aromatic heterocycles. The van der Waals surface area contributed by atoms with Crippen molar-refractivity contribution >= 4 is 6.29 Å². The fourth-order valence-corrected chi connectivity index (χ4v) is 1.67. The van der Waals surface area contributed by atoms with Crippen LogP contribution in [0.2, 0.25) is 0 Å². The van der Waals surface area contributed by atoms with Crippen molar-refractivity contribution < 1.29 is 9.53 Å². The summed E-state index contributed by atoms with van der Waals surface area (Å²) in [5.74, 6) is 0. The van der Waals surface area contributed by atoms with Gasteiger partial charge in [0, 0.05) is 31.7 Å². The molecule has 1 aromatic rings. The minimum atomic E-state index is 0.479. The van der Waals surface area contributed by atoms with Gasteiger partial charge in [-0.2, -0.15) is 5.10 Å². The van der Waals surface area contributed by atoms with Gasteiger partial charge >= 0.3 is 0 Å². The summed E-state index contributed by atoms with van der Waals surface area (Å²) in [5.41, 5.74) is 1.50. The fraction of sp³-hybridized carbons (Fsp3) is 0.600. The highest BCUT2D eigenvalue weighted by Gasteiger charge is 2.10. The largest absolute Gasteiger partial charge is 0.379 e. The quantitative estimate of drug-likeness (QED) is 0.714. The lowest BCUT2D eigenvalue weighted by molar-refractivity contribution is 0.0383. The summed E-state index contributed by atoms with van der Waals surface area (Å²) < 4.78 is 5.27. The van der Waals surface area contributed by atoms with Gasteiger partial charge in [0.2, 0.25) is 0 Å². The van der Waals surface area contributed by atoms with E-state index in [4.69, 9.17) is 4.74 Å². The third-order valence-corrected chi connectivity index (χ3v) is 2.57. The molecule has 82 valence electrons. The summed E-state index contributed by atoms with van der Waals surface area (Å²) in [6, 6.07) is 1.80. The molecule has 1 fully saturated rings. The van der Waals surface area contributed by atoms with Crippen LogP contribution in [0, 0.1) is 0 Å². The van der Waals surface area contributed by atoms with Crippen LogP contribution in [0.4, 0.5) is 0 Å². The van der Waals surface area contributed by atoms with Crippen molar-refractivity contribution in [2.24, 2.45) is 0 Å². The van der Waals surface area contributed by atoms with Crippen molar-refractivity contribution in [1.82, 2.24) is 15.1 Å². The van der Waals surface area contributed by atoms with Crippen molar-refractivity contribution in [2.45, 2.75) is 6.42 Å². The number of hydrogen-bond donors (Lipinski definition) is 1. The molecule has 1 saturated heterocycles. The number of aldehydes is 1. The molecule has 0 aliphatic carbocycles. The van der Waals surface area contributed by atoms with Crippen LogP contribution >= 0.6 is 0 Å². The van der Waals surface area contributed by atoms with E-state index in [0.717, 1.165) is 51.2 Å². The molecule has 1 aliphatic rings. The van der Waals surface area contributed by atoms with E-state index < -0.39 is 0 Å². The highest BCUT2D eigenvalue weighted by molar-refractivity contribution is 5.71. The van der Waals surface area contributed by atoms with Crippen LogP contribution in [0.15, 0.2) is 6.07 Å². The first-order valence-corrected chi connectivity index (χ1v) is 5.18. The molecule has 0 unspecified atom stereocenters. The van der Waals surface area contributed by atoms with Crippen LogP contribution in [0.5, 0.6) is 0 Å². The minimum absolute atomic E-state index is 0.479. The smallest absolute Gasteiger partial charge is 0.170 e. The van der Waals surface area contributed by atoms with Crippen LogP contribution in [0.25, 0.3) is 0 Å². The maximum Gasteiger partial charge on any atom is 0.170 e. The first kappa shape index (κ1) is 10.3. The molecule has 2 heterocycles. The Hall–Kier alpha value is -1.20. The van der Waals surface area contributed by atoms with E-state index in [1.165, 1.54) is 0 Å². The Morgan fingerprint density at radius 2 is 2.33 bits per heavy atom. The third-order valence-electron chi connectivity index (χ3n) is 2.57. The topological polar surface area (TPSA) is 58.2 Å². The predicted octanol–water partition coefficient (Wildman–Crippen LogP) is 0.0969. The van der Waals surface area contributed by atoms with E-state index >= 15 is 0 Å². The monoisotopic (exact) mass is 209 g/mol. The molecule has 1 aliphatic heterocycles. The number of H-pyrrole nitrogens is 1. The fourth-order valence-electron chi connectivity index (χ4n) is 1.67. The third kappa shape index (κ3) is 2.87. The van der Waals surface area contributed by atoms with Crippen molar-refractivity contribution in [3.8, 4) is 0 Å². The Bertz CT molecular complexity index is 318. The standard InChI is InChI=1S/C10H15N3O2/c14-8-10-7-9(11-12-10)1-2-13-3-5-15-6-4-13/h7-8H,1-6H2,(H,11,12). The molecule has 0 aromatic carbocycles. The van der Waals surface area contributed by atoms with Gasteiger partial charge in [-0.3, -0.25) is 14.8 Å². The van der Waals surface area contributed by atoms with Crippen molar-refractivity contribution in [3.05, 3.63) is 17.5 Å². The number of morpholine rings is 1. The average molecular weight is 209 g/mol. The maximum absolute atomic E-state index is 10.4. The molecule has 15 heavy (non-hydrogen) atoms. The number of aromatic amines is 1. The number of ether oxygens (including phenoxy) is 1. The lowest BCUT2D eigenvalue weighted by Gasteiger charge is -2.26. The van der Waals surface area contributed by atoms with Crippen LogP contribution < -0.4 is 0 Å². The molecule has 1 N–H and O–H groups in total. The number of nitrogens with one attached hydrogen (secondary N) is 1. The second kappa shape index (κ2) is 5.04. The summed E-state index contributed by atoms with van der Waals surface area (Å²) in [6.07, 6.45) is 1.66. The molecule has 0 amide bonds. The minimum Gasteiger partial charge on any atom is -0.379 e. The van der Waals surface area contributed by atoms with E-state index in [1.807, 2.05) is 0 Å². The normalized spacial score (nSPS) is 17.9. The summed E-state index contributed by atoms with van der Waals surface area (Å²) >= 11 is 0. The van der Waals surface area contributed by atoms with Crippen molar-refractivity contribution in [1.29, 1.82) is 0 Å². The van der Waals surface area contributed by atoms with Crippen LogP contribution in [-0.2, 0) is 11.2 Å². The van der Waals surface area contributed by atoms with E-state index in [0.29, 0.717) is 5.69 Å². The van der Waals surface area contributed by atoms with Gasteiger partial charge in [0.1, 0.15) is 5.69 Å². The van der Waals surface area contributed by atoms with Gasteiger partial charge in [0.15, 0.2) is 6.29 Å². The van der Waals surface area contributed by atoms with Gasteiger partial charge < -0.3 is 4.74 Å². The molecule has 0 bridgehead atoms. The second-order valence-corrected chi connectivity index (χ2v) is 3.64. The second-order valence-electron chi connectivity index (χ2n) is 3.64. The number of aromatic nitrogens is 2. The maximum atomic E-state index is 10.4. The summed E-state index contributed by atoms with van der Waals surface area (Å²) in [4.78, 5) is 12.8. The van der Waals surface area contributed by atoms with Gasteiger partial charge in [-0.05, 0) is 6.07 Å². The number of carbonyl (C=O) groups is 1. The van der Waals surface area contributed by atoms with Gasteiger partial charge in [0.05, 0.1) is 13.2 Å². The van der Waals surface area contributed by atoms with E-state index in [9.17, 15) is 4.79 Å². The first-order chi connectivity index (χ1) is 7.38. The number of hydrogen-bond acceptors (Lipinski definition) is 4. The summed E-state index contributed by atoms with van der Waals surface area (Å²) in [7, 11) is 0. The Balaban J connectivity index is 1.79. The highest BCUT2D eigenvalue weighted by atomic mass is 16.5. The summed E-state index contributed by atoms with van der Waals surface area (Å²) in [5, 5.41) is 6.72. The van der Waals surface area contributed by atoms with Crippen LogP contribution in [0.1, 0.15) is 16.2 Å². The molecule has 0 saturated carbocycles. The Labute approximate surface area is 88.4 Å². The lowest BCUT2D eigenvalue weighted by atomic mass is 10.2. The molecule has 5 nitrogen and oxygen atoms in total. The Morgan fingerprint density at radius 3 is 3.00 bits per heavy atom. The molecule has 0 spiro atoms. The molecule has 0 radical (unpaired) electrons. The van der Waals surface area contributed by atoms with E-state index in [2.05, 4.69) is 15.1 Å². The zero-order chi connectivity index (χ0) is 10.5. The van der Waals surface area contributed by atoms with Crippen molar-refractivity contribution in [2.75, 3.05) is 32.8 Å². The van der Waals surface area contributed by atoms with Gasteiger partial charge in [0.25, 0.3) is 0 Å². The summed E-state index contributed by atoms with van der Waals surface area (Å²) in [6.45, 7) is 4.62. The molecule has 0 atom stereocenters. The van der Waals surface area contributed by atoms with Crippen molar-refractivity contribution in [3.63, 3.8) is 0 Å². The van der Waals surface area contributed by atoms with Gasteiger partial charge in [-0.15, -0.1) is 0 Å². The van der Waals surface area contributed by atoms with Gasteiger partial charge in [-0.1, -0.05) is 0 Å². The molecular weight excluding hydrogens is 194 g/mol. The number of nitrogens with zero attached hydrogens (tertiary/aromatic N) is 2. The SMILES string of the molecule is O=Cc1cc(CCN2CCOCC2)[nH]n1. The van der Waals surface area contributed by atoms with Crippen LogP contribution in [0.3, 0.4) is 0 Å². The molecule has 2 rings (SSSR count). The van der Waals surface area contributed by atoms with Gasteiger partial charge in [-0.25, -0.2) is 0 Å². The lowest BCUT2D eigenvalue weighted by Crippen LogP contribution is -2.37. The zero-order valence-corrected chi connectivity index (χ0v) is 8.61. The Morgan fingerprint density at radius 1 is 1.53 bits per heavy atom. The van der Waals surface area contributed by atoms with E-state index in [-0.39, 0.29) is 0 Å². The van der Waals surface area contributed by atoms with Crippen LogP contribution in [-0.4, -0.2) is 54.2 Å². The Kier molecular flexibility index (Phi) is 3.47. The van der Waals surface area contributed by atoms with E-state index in [1.54, 1.807) is 6.07 Å². The number of rotatable bonds is 4. The average Bonchev–Trinajstić information content (AvgIpc) is 2.76. The first-order valence-electron chi connectivity index (χ1n) is 5.18. The zero-order valence-electron chi connectivity index (χ0n) is 8.61. The molecule has 5 heteroatoms. The predicted molar refractivity (Wildman–Crippen MR) is 54.9 cm³/mol.